The Balaban J connectivity index is 2.42. The second kappa shape index (κ2) is 4.14. The van der Waals surface area contributed by atoms with Crippen molar-refractivity contribution in [2.75, 3.05) is 0 Å². The predicted molar refractivity (Wildman–Crippen MR) is 60.1 cm³/mol. The van der Waals surface area contributed by atoms with Crippen molar-refractivity contribution in [1.82, 2.24) is 0 Å². The van der Waals surface area contributed by atoms with E-state index in [2.05, 4.69) is 34.1 Å². The first-order chi connectivity index (χ1) is 6.81. The summed E-state index contributed by atoms with van der Waals surface area (Å²) in [6.07, 6.45) is 5.46. The minimum absolute atomic E-state index is 0.520. The summed E-state index contributed by atoms with van der Waals surface area (Å²) in [6, 6.07) is 6.48. The first-order valence-electron chi connectivity index (χ1n) is 4.98. The first kappa shape index (κ1) is 9.73. The average molecular weight is 250 g/mol. The highest BCUT2D eigenvalue weighted by Crippen LogP contribution is 2.29. The summed E-state index contributed by atoms with van der Waals surface area (Å²) < 4.78 is 1.19. The van der Waals surface area contributed by atoms with Crippen molar-refractivity contribution in [3.05, 3.63) is 33.3 Å². The number of aryl methyl sites for hydroxylation is 1. The molecule has 0 heterocycles. The molecular weight excluding hydrogens is 238 g/mol. The van der Waals surface area contributed by atoms with E-state index in [-0.39, 0.29) is 0 Å². The zero-order chi connectivity index (χ0) is 9.97. The standard InChI is InChI=1S/C12H12BrN/c13-12-8-9(5-6-14)7-10-3-1-2-4-11(10)12/h7-8H,1-5H2. The van der Waals surface area contributed by atoms with Crippen LogP contribution in [0.3, 0.4) is 0 Å². The van der Waals surface area contributed by atoms with Crippen LogP contribution >= 0.6 is 15.9 Å². The van der Waals surface area contributed by atoms with Crippen LogP contribution in [0.25, 0.3) is 0 Å². The number of nitriles is 1. The van der Waals surface area contributed by atoms with Gasteiger partial charge in [0.1, 0.15) is 0 Å². The maximum atomic E-state index is 8.65. The third-order valence-electron chi connectivity index (χ3n) is 2.75. The predicted octanol–water partition coefficient (Wildman–Crippen LogP) is 3.39. The quantitative estimate of drug-likeness (QED) is 0.749. The third-order valence-corrected chi connectivity index (χ3v) is 3.46. The summed E-state index contributed by atoms with van der Waals surface area (Å²) in [5.41, 5.74) is 4.04. The van der Waals surface area contributed by atoms with Gasteiger partial charge in [0.2, 0.25) is 0 Å². The lowest BCUT2D eigenvalue weighted by atomic mass is 9.90. The van der Waals surface area contributed by atoms with Crippen molar-refractivity contribution in [1.29, 1.82) is 5.26 Å². The van der Waals surface area contributed by atoms with E-state index in [0.29, 0.717) is 6.42 Å². The summed E-state index contributed by atoms with van der Waals surface area (Å²) in [5, 5.41) is 8.65. The normalized spacial score (nSPS) is 14.6. The fourth-order valence-corrected chi connectivity index (χ4v) is 2.82. The molecule has 1 nitrogen and oxygen atoms in total. The molecule has 0 saturated heterocycles. The van der Waals surface area contributed by atoms with Gasteiger partial charge in [-0.2, -0.15) is 5.26 Å². The molecule has 72 valence electrons. The molecule has 1 aromatic rings. The number of nitrogens with zero attached hydrogens (tertiary/aromatic N) is 1. The van der Waals surface area contributed by atoms with Crippen LogP contribution in [0.2, 0.25) is 0 Å². The zero-order valence-electron chi connectivity index (χ0n) is 8.02. The Labute approximate surface area is 92.9 Å². The van der Waals surface area contributed by atoms with Gasteiger partial charge in [0.15, 0.2) is 0 Å². The molecule has 0 aliphatic heterocycles. The van der Waals surface area contributed by atoms with Crippen molar-refractivity contribution >= 4 is 15.9 Å². The molecule has 14 heavy (non-hydrogen) atoms. The van der Waals surface area contributed by atoms with E-state index in [9.17, 15) is 0 Å². The molecule has 1 aromatic carbocycles. The number of fused-ring (bicyclic) bond motifs is 1. The SMILES string of the molecule is N#CCc1cc(Br)c2c(c1)CCCC2. The van der Waals surface area contributed by atoms with E-state index in [1.165, 1.54) is 41.3 Å². The molecule has 0 fully saturated rings. The van der Waals surface area contributed by atoms with Crippen LogP contribution in [0, 0.1) is 11.3 Å². The minimum atomic E-state index is 0.520. The van der Waals surface area contributed by atoms with E-state index in [0.717, 1.165) is 5.56 Å². The van der Waals surface area contributed by atoms with Crippen LogP contribution in [0.5, 0.6) is 0 Å². The Morgan fingerprint density at radius 2 is 2.07 bits per heavy atom. The zero-order valence-corrected chi connectivity index (χ0v) is 9.60. The second-order valence-corrected chi connectivity index (χ2v) is 4.61. The molecule has 1 aliphatic rings. The number of halogens is 1. The van der Waals surface area contributed by atoms with Crippen LogP contribution in [0.4, 0.5) is 0 Å². The lowest BCUT2D eigenvalue weighted by Crippen LogP contribution is -2.04. The average Bonchev–Trinajstić information content (AvgIpc) is 2.18. The van der Waals surface area contributed by atoms with Gasteiger partial charge >= 0.3 is 0 Å². The molecular formula is C12H12BrN. The molecule has 0 spiro atoms. The summed E-state index contributed by atoms with van der Waals surface area (Å²) >= 11 is 3.59. The summed E-state index contributed by atoms with van der Waals surface area (Å²) in [6.45, 7) is 0. The highest BCUT2D eigenvalue weighted by Gasteiger charge is 2.13. The largest absolute Gasteiger partial charge is 0.198 e. The van der Waals surface area contributed by atoms with E-state index in [1.807, 2.05) is 0 Å². The first-order valence-corrected chi connectivity index (χ1v) is 5.77. The Bertz CT molecular complexity index is 390. The molecule has 0 unspecified atom stereocenters. The molecule has 0 bridgehead atoms. The highest BCUT2D eigenvalue weighted by molar-refractivity contribution is 9.10. The number of hydrogen-bond acceptors (Lipinski definition) is 1. The summed E-state index contributed by atoms with van der Waals surface area (Å²) in [5.74, 6) is 0. The Hall–Kier alpha value is -0.810. The molecule has 2 heteroatoms. The van der Waals surface area contributed by atoms with Gasteiger partial charge in [-0.15, -0.1) is 0 Å². The maximum absolute atomic E-state index is 8.65. The molecule has 0 aromatic heterocycles. The molecule has 0 atom stereocenters. The van der Waals surface area contributed by atoms with Gasteiger partial charge in [0.25, 0.3) is 0 Å². The molecule has 1 aliphatic carbocycles. The molecule has 2 rings (SSSR count). The molecule has 0 radical (unpaired) electrons. The van der Waals surface area contributed by atoms with E-state index >= 15 is 0 Å². The Kier molecular flexibility index (Phi) is 2.88. The van der Waals surface area contributed by atoms with Gasteiger partial charge in [-0.1, -0.05) is 22.0 Å². The van der Waals surface area contributed by atoms with E-state index in [1.54, 1.807) is 0 Å². The Morgan fingerprint density at radius 1 is 1.29 bits per heavy atom. The van der Waals surface area contributed by atoms with Crippen molar-refractivity contribution in [3.8, 4) is 6.07 Å². The van der Waals surface area contributed by atoms with Crippen LogP contribution in [-0.4, -0.2) is 0 Å². The minimum Gasteiger partial charge on any atom is -0.198 e. The number of benzene rings is 1. The monoisotopic (exact) mass is 249 g/mol. The smallest absolute Gasteiger partial charge is 0.0669 e. The lowest BCUT2D eigenvalue weighted by Gasteiger charge is -2.18. The van der Waals surface area contributed by atoms with Gasteiger partial charge in [-0.25, -0.2) is 0 Å². The van der Waals surface area contributed by atoms with Gasteiger partial charge in [0, 0.05) is 4.47 Å². The van der Waals surface area contributed by atoms with Crippen LogP contribution in [-0.2, 0) is 19.3 Å². The fraction of sp³-hybridized carbons (Fsp3) is 0.417. The van der Waals surface area contributed by atoms with E-state index in [4.69, 9.17) is 5.26 Å². The lowest BCUT2D eigenvalue weighted by molar-refractivity contribution is 0.682. The topological polar surface area (TPSA) is 23.8 Å². The Morgan fingerprint density at radius 3 is 2.86 bits per heavy atom. The maximum Gasteiger partial charge on any atom is 0.0669 e. The van der Waals surface area contributed by atoms with Gasteiger partial charge in [-0.3, -0.25) is 0 Å². The number of rotatable bonds is 1. The van der Waals surface area contributed by atoms with E-state index < -0.39 is 0 Å². The van der Waals surface area contributed by atoms with Crippen LogP contribution in [0.1, 0.15) is 29.5 Å². The van der Waals surface area contributed by atoms with Gasteiger partial charge in [0.05, 0.1) is 12.5 Å². The number of hydrogen-bond donors (Lipinski definition) is 0. The second-order valence-electron chi connectivity index (χ2n) is 3.76. The van der Waals surface area contributed by atoms with Crippen molar-refractivity contribution in [3.63, 3.8) is 0 Å². The third kappa shape index (κ3) is 1.83. The summed E-state index contributed by atoms with van der Waals surface area (Å²) in [7, 11) is 0. The molecule has 0 N–H and O–H groups in total. The van der Waals surface area contributed by atoms with Gasteiger partial charge < -0.3 is 0 Å². The molecule has 0 amide bonds. The van der Waals surface area contributed by atoms with Crippen molar-refractivity contribution < 1.29 is 0 Å². The van der Waals surface area contributed by atoms with Crippen molar-refractivity contribution in [2.45, 2.75) is 32.1 Å². The van der Waals surface area contributed by atoms with Crippen LogP contribution in [0.15, 0.2) is 16.6 Å². The van der Waals surface area contributed by atoms with Crippen LogP contribution < -0.4 is 0 Å². The highest BCUT2D eigenvalue weighted by atomic mass is 79.9. The molecule has 0 saturated carbocycles. The fourth-order valence-electron chi connectivity index (χ4n) is 2.07. The van der Waals surface area contributed by atoms with Gasteiger partial charge in [-0.05, 0) is 48.4 Å². The summed E-state index contributed by atoms with van der Waals surface area (Å²) in [4.78, 5) is 0. The van der Waals surface area contributed by atoms with Crippen molar-refractivity contribution in [2.24, 2.45) is 0 Å².